The van der Waals surface area contributed by atoms with Crippen molar-refractivity contribution in [1.29, 1.82) is 0 Å². The van der Waals surface area contributed by atoms with Crippen LogP contribution in [0.4, 0.5) is 23.2 Å². The fourth-order valence-electron chi connectivity index (χ4n) is 4.68. The van der Waals surface area contributed by atoms with Crippen LogP contribution in [0.5, 0.6) is 0 Å². The second kappa shape index (κ2) is 11.8. The predicted octanol–water partition coefficient (Wildman–Crippen LogP) is 5.60. The summed E-state index contributed by atoms with van der Waals surface area (Å²) < 4.78 is 54.0. The molecule has 10 heteroatoms. The van der Waals surface area contributed by atoms with Crippen molar-refractivity contribution in [2.24, 2.45) is 4.99 Å². The average molecular weight is 574 g/mol. The summed E-state index contributed by atoms with van der Waals surface area (Å²) in [5.74, 6) is -2.94. The molecule has 1 atom stereocenters. The highest BCUT2D eigenvalue weighted by Crippen LogP contribution is 2.30. The first kappa shape index (κ1) is 28.4. The van der Waals surface area contributed by atoms with E-state index in [1.54, 1.807) is 54.6 Å². The zero-order valence-electron chi connectivity index (χ0n) is 21.9. The van der Waals surface area contributed by atoms with Gasteiger partial charge in [-0.1, -0.05) is 78.9 Å². The van der Waals surface area contributed by atoms with Crippen molar-refractivity contribution in [1.82, 2.24) is 5.32 Å². The van der Waals surface area contributed by atoms with Crippen molar-refractivity contribution < 1.29 is 31.9 Å². The molecule has 0 aromatic heterocycles. The van der Waals surface area contributed by atoms with E-state index >= 15 is 0 Å². The smallest absolute Gasteiger partial charge is 0.326 e. The number of benzodiazepines with no additional fused rings is 1. The number of nitrogens with zero attached hydrogens (tertiary/aromatic N) is 2. The maximum atomic E-state index is 14.4. The molecule has 1 unspecified atom stereocenters. The van der Waals surface area contributed by atoms with Crippen molar-refractivity contribution in [3.8, 4) is 0 Å². The SMILES string of the molecule is O=C(Cc1cccc(C(F)(F)F)c1)NC1N=C(c2ccccc2)c2ccccc2N(CC(=O)c2ccccc2F)C1=O. The number of para-hydroxylation sites is 1. The molecule has 1 N–H and O–H groups in total. The average Bonchev–Trinajstić information content (AvgIpc) is 3.08. The molecule has 212 valence electrons. The molecule has 2 amide bonds. The van der Waals surface area contributed by atoms with E-state index in [0.29, 0.717) is 22.5 Å². The molecule has 0 radical (unpaired) electrons. The van der Waals surface area contributed by atoms with E-state index in [4.69, 9.17) is 0 Å². The number of amides is 2. The maximum absolute atomic E-state index is 14.4. The Morgan fingerprint density at radius 1 is 0.857 bits per heavy atom. The van der Waals surface area contributed by atoms with E-state index < -0.39 is 54.3 Å². The van der Waals surface area contributed by atoms with E-state index in [0.717, 1.165) is 23.1 Å². The lowest BCUT2D eigenvalue weighted by molar-refractivity contribution is -0.137. The van der Waals surface area contributed by atoms with E-state index in [9.17, 15) is 31.9 Å². The Hall–Kier alpha value is -5.12. The van der Waals surface area contributed by atoms with Gasteiger partial charge in [0.05, 0.1) is 35.5 Å². The Bertz CT molecular complexity index is 1690. The fourth-order valence-corrected chi connectivity index (χ4v) is 4.68. The third kappa shape index (κ3) is 6.12. The van der Waals surface area contributed by atoms with Gasteiger partial charge < -0.3 is 10.2 Å². The number of anilines is 1. The molecule has 0 fully saturated rings. The Morgan fingerprint density at radius 3 is 2.29 bits per heavy atom. The van der Waals surface area contributed by atoms with Crippen LogP contribution in [-0.2, 0) is 22.2 Å². The van der Waals surface area contributed by atoms with Crippen LogP contribution in [0.25, 0.3) is 0 Å². The number of rotatable bonds is 7. The van der Waals surface area contributed by atoms with E-state index in [-0.39, 0.29) is 11.1 Å². The number of carbonyl (C=O) groups excluding carboxylic acids is 3. The Morgan fingerprint density at radius 2 is 1.55 bits per heavy atom. The number of ketones is 1. The minimum Gasteiger partial charge on any atom is -0.326 e. The third-order valence-corrected chi connectivity index (χ3v) is 6.65. The van der Waals surface area contributed by atoms with Gasteiger partial charge in [-0.2, -0.15) is 13.2 Å². The molecule has 0 saturated heterocycles. The molecule has 1 heterocycles. The van der Waals surface area contributed by atoms with Gasteiger partial charge in [-0.25, -0.2) is 9.38 Å². The van der Waals surface area contributed by atoms with Gasteiger partial charge in [0.15, 0.2) is 5.78 Å². The largest absolute Gasteiger partial charge is 0.416 e. The lowest BCUT2D eigenvalue weighted by Crippen LogP contribution is -2.49. The van der Waals surface area contributed by atoms with Crippen molar-refractivity contribution in [2.45, 2.75) is 18.8 Å². The molecule has 0 bridgehead atoms. The van der Waals surface area contributed by atoms with Crippen molar-refractivity contribution in [2.75, 3.05) is 11.4 Å². The predicted molar refractivity (Wildman–Crippen MR) is 149 cm³/mol. The summed E-state index contributed by atoms with van der Waals surface area (Å²) in [5, 5.41) is 2.52. The van der Waals surface area contributed by atoms with Crippen molar-refractivity contribution >= 4 is 29.0 Å². The second-order valence-corrected chi connectivity index (χ2v) is 9.53. The van der Waals surface area contributed by atoms with Crippen LogP contribution >= 0.6 is 0 Å². The van der Waals surface area contributed by atoms with E-state index in [1.807, 2.05) is 0 Å². The van der Waals surface area contributed by atoms with Gasteiger partial charge in [0, 0.05) is 11.1 Å². The molecular formula is C32H23F4N3O3. The minimum atomic E-state index is -4.59. The number of nitrogens with one attached hydrogen (secondary N) is 1. The molecule has 4 aromatic rings. The molecule has 1 aliphatic rings. The van der Waals surface area contributed by atoms with Gasteiger partial charge in [-0.15, -0.1) is 0 Å². The molecule has 0 aliphatic carbocycles. The highest BCUT2D eigenvalue weighted by Gasteiger charge is 2.35. The summed E-state index contributed by atoms with van der Waals surface area (Å²) in [4.78, 5) is 45.9. The monoisotopic (exact) mass is 573 g/mol. The number of hydrogen-bond donors (Lipinski definition) is 1. The Kier molecular flexibility index (Phi) is 7.97. The van der Waals surface area contributed by atoms with Crippen LogP contribution in [0.1, 0.15) is 32.6 Å². The number of Topliss-reactive ketones (excluding diaryl/α,β-unsaturated/α-hetero) is 1. The highest BCUT2D eigenvalue weighted by molar-refractivity contribution is 6.21. The fraction of sp³-hybridized carbons (Fsp3) is 0.125. The molecule has 0 spiro atoms. The zero-order valence-corrected chi connectivity index (χ0v) is 21.9. The molecule has 0 saturated carbocycles. The number of hydrogen-bond acceptors (Lipinski definition) is 4. The van der Waals surface area contributed by atoms with Gasteiger partial charge in [0.1, 0.15) is 5.82 Å². The number of benzene rings is 4. The summed E-state index contributed by atoms with van der Waals surface area (Å²) in [6, 6.07) is 25.3. The standard InChI is InChI=1S/C32H23F4N3O3/c33-25-15-6-4-13-23(25)27(40)19-39-26-16-7-5-14-24(26)29(21-10-2-1-3-11-21)38-30(31(39)42)37-28(41)18-20-9-8-12-22(17-20)32(34,35)36/h1-17,30H,18-19H2,(H,37,41). The van der Waals surface area contributed by atoms with Crippen LogP contribution < -0.4 is 10.2 Å². The Labute approximate surface area is 238 Å². The number of halogens is 4. The molecule has 42 heavy (non-hydrogen) atoms. The van der Waals surface area contributed by atoms with Crippen molar-refractivity contribution in [3.63, 3.8) is 0 Å². The summed E-state index contributed by atoms with van der Waals surface area (Å²) in [6.07, 6.45) is -6.57. The topological polar surface area (TPSA) is 78.8 Å². The van der Waals surface area contributed by atoms with Crippen LogP contribution in [0.15, 0.2) is 108 Å². The molecule has 1 aliphatic heterocycles. The first-order valence-electron chi connectivity index (χ1n) is 12.9. The zero-order chi connectivity index (χ0) is 29.9. The lowest BCUT2D eigenvalue weighted by atomic mass is 10.00. The first-order chi connectivity index (χ1) is 20.1. The number of alkyl halides is 3. The summed E-state index contributed by atoms with van der Waals surface area (Å²) in [6.45, 7) is -0.547. The number of aliphatic imine (C=N–C) groups is 1. The number of fused-ring (bicyclic) bond motifs is 1. The molecule has 5 rings (SSSR count). The van der Waals surface area contributed by atoms with Crippen molar-refractivity contribution in [3.05, 3.63) is 137 Å². The van der Waals surface area contributed by atoms with E-state index in [2.05, 4.69) is 10.3 Å². The molecule has 6 nitrogen and oxygen atoms in total. The quantitative estimate of drug-likeness (QED) is 0.231. The molecular weight excluding hydrogens is 550 g/mol. The third-order valence-electron chi connectivity index (χ3n) is 6.65. The first-order valence-corrected chi connectivity index (χ1v) is 12.9. The summed E-state index contributed by atoms with van der Waals surface area (Å²) in [7, 11) is 0. The maximum Gasteiger partial charge on any atom is 0.416 e. The summed E-state index contributed by atoms with van der Waals surface area (Å²) in [5.41, 5.74) is 0.766. The highest BCUT2D eigenvalue weighted by atomic mass is 19.4. The van der Waals surface area contributed by atoms with Crippen LogP contribution in [0, 0.1) is 5.82 Å². The Balaban J connectivity index is 1.52. The van der Waals surface area contributed by atoms with Crippen LogP contribution in [0.3, 0.4) is 0 Å². The van der Waals surface area contributed by atoms with Gasteiger partial charge >= 0.3 is 6.18 Å². The minimum absolute atomic E-state index is 0.0885. The van der Waals surface area contributed by atoms with Gasteiger partial charge in [-0.05, 0) is 29.8 Å². The van der Waals surface area contributed by atoms with Crippen LogP contribution in [0.2, 0.25) is 0 Å². The van der Waals surface area contributed by atoms with E-state index in [1.165, 1.54) is 30.3 Å². The normalized spacial score (nSPS) is 15.0. The van der Waals surface area contributed by atoms with Crippen LogP contribution in [-0.4, -0.2) is 36.0 Å². The van der Waals surface area contributed by atoms with Gasteiger partial charge in [0.25, 0.3) is 5.91 Å². The van der Waals surface area contributed by atoms with Gasteiger partial charge in [0.2, 0.25) is 12.1 Å². The molecule has 4 aromatic carbocycles. The number of carbonyl (C=O) groups is 3. The van der Waals surface area contributed by atoms with Gasteiger partial charge in [-0.3, -0.25) is 14.4 Å². The lowest BCUT2D eigenvalue weighted by Gasteiger charge is -2.25. The summed E-state index contributed by atoms with van der Waals surface area (Å²) >= 11 is 0. The second-order valence-electron chi connectivity index (χ2n) is 9.53.